The van der Waals surface area contributed by atoms with Crippen molar-refractivity contribution in [3.8, 4) is 0 Å². The molecule has 6 heteroatoms. The summed E-state index contributed by atoms with van der Waals surface area (Å²) < 4.78 is 4.34. The second-order valence-corrected chi connectivity index (χ2v) is 14.0. The third-order valence-electron chi connectivity index (χ3n) is 6.22. The number of hydrogen-bond donors (Lipinski definition) is 2. The zero-order valence-corrected chi connectivity index (χ0v) is 27.2. The number of nitrogens with one attached hydrogen (secondary N) is 1. The maximum atomic E-state index is 4.75. The molecule has 3 nitrogen and oxygen atoms in total. The fraction of sp³-hybridized carbons (Fsp3) is 0.0270. The summed E-state index contributed by atoms with van der Waals surface area (Å²) >= 11 is 2.21. The van der Waals surface area contributed by atoms with Crippen LogP contribution in [0.4, 0.5) is 0 Å². The second kappa shape index (κ2) is 19.1. The minimum absolute atomic E-state index is 0.368. The summed E-state index contributed by atoms with van der Waals surface area (Å²) in [6.45, 7) is 0.368. The van der Waals surface area contributed by atoms with E-state index in [4.69, 9.17) is 5.84 Å². The zero-order chi connectivity index (χ0) is 30.0. The van der Waals surface area contributed by atoms with Crippen molar-refractivity contribution < 1.29 is 22.2 Å². The molecule has 0 atom stereocenters. The standard InChI is InChI=1S/2C18H15P.CH5N2O.Rh/c2*1-4-10-16(11-5-1)19(17-12-6-2-7-13-17)18-14-8-3-9-15-18;2-3-1-4;/h2*1-15H;3H,1-2H2;/q;;-1;+1. The van der Waals surface area contributed by atoms with Crippen molar-refractivity contribution in [1.29, 1.82) is 0 Å². The van der Waals surface area contributed by atoms with E-state index in [1.54, 1.807) is 0 Å². The molecule has 218 valence electrons. The Bertz CT molecular complexity index is 1240. The summed E-state index contributed by atoms with van der Waals surface area (Å²) in [6, 6.07) is 64.7. The predicted molar refractivity (Wildman–Crippen MR) is 184 cm³/mol. The van der Waals surface area contributed by atoms with E-state index in [2.05, 4.69) is 210 Å². The number of hydrogen-bond acceptors (Lipinski definition) is 3. The van der Waals surface area contributed by atoms with Crippen LogP contribution in [-0.2, 0) is 22.2 Å². The summed E-state index contributed by atoms with van der Waals surface area (Å²) in [4.78, 5) is 0. The van der Waals surface area contributed by atoms with Crippen molar-refractivity contribution in [1.82, 2.24) is 5.43 Å². The van der Waals surface area contributed by atoms with Crippen LogP contribution in [-0.4, -0.2) is 6.73 Å². The molecule has 0 amide bonds. The van der Waals surface area contributed by atoms with E-state index in [1.165, 1.54) is 31.8 Å². The summed E-state index contributed by atoms with van der Waals surface area (Å²) in [6.07, 6.45) is 0. The van der Waals surface area contributed by atoms with E-state index >= 15 is 0 Å². The monoisotopic (exact) mass is 688 g/mol. The Morgan fingerprint density at radius 2 is 0.581 bits per heavy atom. The quantitative estimate of drug-likeness (QED) is 0.0702. The van der Waals surface area contributed by atoms with E-state index in [-0.39, 0.29) is 0 Å². The molecule has 0 bridgehead atoms. The predicted octanol–water partition coefficient (Wildman–Crippen LogP) is 5.78. The van der Waals surface area contributed by atoms with Crippen molar-refractivity contribution >= 4 is 47.7 Å². The molecular weight excluding hydrogens is 653 g/mol. The topological polar surface area (TPSA) is 47.3 Å². The molecule has 0 aromatic heterocycles. The van der Waals surface area contributed by atoms with Gasteiger partial charge in [-0.05, 0) is 47.7 Å². The molecule has 6 aromatic rings. The van der Waals surface area contributed by atoms with Gasteiger partial charge >= 0.3 is 40.2 Å². The zero-order valence-electron chi connectivity index (χ0n) is 23.7. The van der Waals surface area contributed by atoms with Crippen LogP contribution >= 0.6 is 15.8 Å². The Morgan fingerprint density at radius 3 is 0.698 bits per heavy atom. The van der Waals surface area contributed by atoms with E-state index in [9.17, 15) is 0 Å². The molecule has 0 saturated carbocycles. The van der Waals surface area contributed by atoms with Crippen LogP contribution in [0.5, 0.6) is 0 Å². The van der Waals surface area contributed by atoms with E-state index < -0.39 is 15.8 Å². The molecule has 0 fully saturated rings. The molecule has 0 unspecified atom stereocenters. The van der Waals surface area contributed by atoms with Crippen molar-refractivity contribution in [2.24, 2.45) is 5.84 Å². The van der Waals surface area contributed by atoms with Crippen molar-refractivity contribution in [2.45, 2.75) is 0 Å². The molecule has 0 aliphatic heterocycles. The first kappa shape index (κ1) is 32.6. The molecule has 6 aromatic carbocycles. The smallest absolute Gasteiger partial charge is 0.0134 e. The fourth-order valence-corrected chi connectivity index (χ4v) is 9.13. The van der Waals surface area contributed by atoms with Crippen LogP contribution in [0.25, 0.3) is 0 Å². The van der Waals surface area contributed by atoms with Gasteiger partial charge in [-0.1, -0.05) is 182 Å². The minimum Gasteiger partial charge on any atom is -0.0622 e. The normalized spacial score (nSPS) is 10.3. The molecule has 0 radical (unpaired) electrons. The molecule has 0 heterocycles. The first-order valence-corrected chi connectivity index (χ1v) is 17.2. The van der Waals surface area contributed by atoms with Gasteiger partial charge in [0.2, 0.25) is 0 Å². The van der Waals surface area contributed by atoms with E-state index in [1.807, 2.05) is 0 Å². The molecule has 3 N–H and O–H groups in total. The minimum atomic E-state index is -0.446. The van der Waals surface area contributed by atoms with Crippen molar-refractivity contribution in [2.75, 3.05) is 6.73 Å². The number of nitrogens with two attached hydrogens (primary N) is 1. The second-order valence-electron chi connectivity index (χ2n) is 9.13. The summed E-state index contributed by atoms with van der Waals surface area (Å²) in [5, 5.41) is 8.39. The van der Waals surface area contributed by atoms with Crippen LogP contribution in [0, 0.1) is 0 Å². The first-order valence-electron chi connectivity index (χ1n) is 13.9. The molecular formula is C37H35N2OP2Rh. The summed E-state index contributed by atoms with van der Waals surface area (Å²) in [7, 11) is -0.892. The molecule has 0 aliphatic rings. The van der Waals surface area contributed by atoms with Gasteiger partial charge in [-0.25, -0.2) is 0 Å². The van der Waals surface area contributed by atoms with Gasteiger partial charge in [-0.2, -0.15) is 0 Å². The molecule has 0 saturated heterocycles. The van der Waals surface area contributed by atoms with Gasteiger partial charge in [-0.3, -0.25) is 0 Å². The van der Waals surface area contributed by atoms with Crippen LogP contribution in [0.2, 0.25) is 0 Å². The third kappa shape index (κ3) is 10.4. The van der Waals surface area contributed by atoms with Crippen LogP contribution in [0.1, 0.15) is 0 Å². The van der Waals surface area contributed by atoms with Gasteiger partial charge in [-0.15, -0.1) is 0 Å². The third-order valence-corrected chi connectivity index (χ3v) is 11.3. The largest absolute Gasteiger partial charge is 0.0622 e. The molecule has 0 aliphatic carbocycles. The van der Waals surface area contributed by atoms with Crippen LogP contribution in [0.15, 0.2) is 182 Å². The Labute approximate surface area is 268 Å². The fourth-order valence-electron chi connectivity index (χ4n) is 4.38. The van der Waals surface area contributed by atoms with Gasteiger partial charge in [0.05, 0.1) is 0 Å². The Balaban J connectivity index is 0.000000171. The average molecular weight is 689 g/mol. The number of hydrazine groups is 1. The summed E-state index contributed by atoms with van der Waals surface area (Å²) in [5.74, 6) is 4.75. The average Bonchev–Trinajstić information content (AvgIpc) is 3.09. The van der Waals surface area contributed by atoms with Gasteiger partial charge in [0.25, 0.3) is 0 Å². The maximum absolute atomic E-state index is 4.75. The van der Waals surface area contributed by atoms with Crippen LogP contribution in [0.3, 0.4) is 0 Å². The maximum Gasteiger partial charge on any atom is -0.0134 e. The van der Waals surface area contributed by atoms with Gasteiger partial charge in [0.15, 0.2) is 0 Å². The SMILES string of the molecule is NNC[O][Rh].c1ccc(P(c2ccccc2)c2ccccc2)cc1.c1ccc(P(c2ccccc2)c2ccccc2)cc1. The van der Waals surface area contributed by atoms with Gasteiger partial charge < -0.3 is 0 Å². The van der Waals surface area contributed by atoms with Crippen LogP contribution < -0.4 is 43.1 Å². The first-order chi connectivity index (χ1) is 21.3. The molecule has 0 spiro atoms. The van der Waals surface area contributed by atoms with E-state index in [0.717, 1.165) is 0 Å². The molecule has 43 heavy (non-hydrogen) atoms. The van der Waals surface area contributed by atoms with Gasteiger partial charge in [0, 0.05) is 0 Å². The number of rotatable bonds is 8. The van der Waals surface area contributed by atoms with Gasteiger partial charge in [0.1, 0.15) is 0 Å². The van der Waals surface area contributed by atoms with Crippen molar-refractivity contribution in [3.05, 3.63) is 182 Å². The Morgan fingerprint density at radius 1 is 0.395 bits per heavy atom. The molecule has 6 rings (SSSR count). The Hall–Kier alpha value is -3.32. The number of benzene rings is 6. The van der Waals surface area contributed by atoms with Crippen molar-refractivity contribution in [3.63, 3.8) is 0 Å². The Kier molecular flexibility index (Phi) is 14.4. The summed E-state index contributed by atoms with van der Waals surface area (Å²) in [5.41, 5.74) is 2.27. The van der Waals surface area contributed by atoms with E-state index in [0.29, 0.717) is 6.73 Å².